The quantitative estimate of drug-likeness (QED) is 0.609. The largest absolute Gasteiger partial charge is 0.468 e. The van der Waals surface area contributed by atoms with Crippen LogP contribution < -0.4 is 9.62 Å². The van der Waals surface area contributed by atoms with Gasteiger partial charge in [0.1, 0.15) is 11.8 Å². The maximum absolute atomic E-state index is 12.6. The molecule has 8 heteroatoms. The van der Waals surface area contributed by atoms with Crippen LogP contribution in [0.4, 0.5) is 5.69 Å². The van der Waals surface area contributed by atoms with Gasteiger partial charge in [-0.3, -0.25) is 9.10 Å². The van der Waals surface area contributed by atoms with Crippen molar-refractivity contribution in [3.8, 4) is 0 Å². The molecule has 0 saturated heterocycles. The third kappa shape index (κ3) is 6.32. The Morgan fingerprint density at radius 2 is 1.96 bits per heavy atom. The zero-order valence-electron chi connectivity index (χ0n) is 15.8. The van der Waals surface area contributed by atoms with Crippen LogP contribution in [0.1, 0.15) is 24.7 Å². The summed E-state index contributed by atoms with van der Waals surface area (Å²) in [5.41, 5.74) is 1.52. The number of aryl methyl sites for hydroxylation is 1. The first-order chi connectivity index (χ1) is 12.8. The van der Waals surface area contributed by atoms with Gasteiger partial charge in [-0.15, -0.1) is 0 Å². The number of sulfonamides is 1. The average Bonchev–Trinajstić information content (AvgIpc) is 3.12. The number of rotatable bonds is 10. The summed E-state index contributed by atoms with van der Waals surface area (Å²) in [6, 6.07) is 10.1. The molecule has 0 saturated carbocycles. The maximum Gasteiger partial charge on any atom is 0.243 e. The fourth-order valence-corrected chi connectivity index (χ4v) is 4.65. The highest BCUT2D eigenvalue weighted by molar-refractivity contribution is 7.98. The van der Waals surface area contributed by atoms with Crippen LogP contribution in [0.25, 0.3) is 0 Å². The van der Waals surface area contributed by atoms with E-state index < -0.39 is 16.1 Å². The molecule has 1 atom stereocenters. The SMILES string of the molecule is CC[C@@H](C(=O)NCCSCc1ccco1)N(c1ccc(C)cc1)S(C)(=O)=O. The number of furan rings is 1. The van der Waals surface area contributed by atoms with Gasteiger partial charge in [0.25, 0.3) is 0 Å². The zero-order valence-corrected chi connectivity index (χ0v) is 17.5. The van der Waals surface area contributed by atoms with Gasteiger partial charge in [0, 0.05) is 12.3 Å². The summed E-state index contributed by atoms with van der Waals surface area (Å²) in [6.45, 7) is 4.20. The van der Waals surface area contributed by atoms with Gasteiger partial charge in [0.15, 0.2) is 0 Å². The van der Waals surface area contributed by atoms with Crippen LogP contribution in [0.5, 0.6) is 0 Å². The molecule has 1 amide bonds. The lowest BCUT2D eigenvalue weighted by molar-refractivity contribution is -0.122. The highest BCUT2D eigenvalue weighted by Gasteiger charge is 2.31. The molecule has 0 spiro atoms. The van der Waals surface area contributed by atoms with E-state index in [9.17, 15) is 13.2 Å². The minimum absolute atomic E-state index is 0.290. The number of amides is 1. The van der Waals surface area contributed by atoms with Crippen molar-refractivity contribution in [3.05, 3.63) is 54.0 Å². The van der Waals surface area contributed by atoms with E-state index in [2.05, 4.69) is 5.32 Å². The Morgan fingerprint density at radius 1 is 1.26 bits per heavy atom. The number of nitrogens with zero attached hydrogens (tertiary/aromatic N) is 1. The van der Waals surface area contributed by atoms with Crippen molar-refractivity contribution >= 4 is 33.4 Å². The van der Waals surface area contributed by atoms with Gasteiger partial charge in [0.2, 0.25) is 15.9 Å². The highest BCUT2D eigenvalue weighted by Crippen LogP contribution is 2.23. The Morgan fingerprint density at radius 3 is 2.52 bits per heavy atom. The number of hydrogen-bond acceptors (Lipinski definition) is 5. The van der Waals surface area contributed by atoms with E-state index in [0.717, 1.165) is 23.3 Å². The topological polar surface area (TPSA) is 79.6 Å². The summed E-state index contributed by atoms with van der Waals surface area (Å²) in [6.07, 6.45) is 3.14. The van der Waals surface area contributed by atoms with Gasteiger partial charge in [0.05, 0.1) is 24.0 Å². The second-order valence-corrected chi connectivity index (χ2v) is 9.21. The molecule has 0 aliphatic heterocycles. The summed E-state index contributed by atoms with van der Waals surface area (Å²) in [4.78, 5) is 12.6. The van der Waals surface area contributed by atoms with Crippen molar-refractivity contribution in [3.63, 3.8) is 0 Å². The van der Waals surface area contributed by atoms with Crippen molar-refractivity contribution in [1.29, 1.82) is 0 Å². The molecule has 27 heavy (non-hydrogen) atoms. The van der Waals surface area contributed by atoms with Crippen LogP contribution in [-0.4, -0.2) is 38.9 Å². The molecule has 148 valence electrons. The summed E-state index contributed by atoms with van der Waals surface area (Å²) >= 11 is 1.64. The van der Waals surface area contributed by atoms with Crippen LogP contribution >= 0.6 is 11.8 Å². The molecule has 1 aromatic heterocycles. The minimum Gasteiger partial charge on any atom is -0.468 e. The van der Waals surface area contributed by atoms with Crippen LogP contribution in [-0.2, 0) is 20.6 Å². The van der Waals surface area contributed by atoms with Crippen molar-refractivity contribution in [1.82, 2.24) is 5.32 Å². The monoisotopic (exact) mass is 410 g/mol. The summed E-state index contributed by atoms with van der Waals surface area (Å²) in [7, 11) is -3.60. The molecule has 0 radical (unpaired) electrons. The van der Waals surface area contributed by atoms with E-state index in [0.29, 0.717) is 24.4 Å². The molecule has 0 fully saturated rings. The van der Waals surface area contributed by atoms with Crippen LogP contribution in [0.15, 0.2) is 47.1 Å². The van der Waals surface area contributed by atoms with E-state index in [1.165, 1.54) is 4.31 Å². The minimum atomic E-state index is -3.60. The Labute approximate surface area is 165 Å². The summed E-state index contributed by atoms with van der Waals surface area (Å²) < 4.78 is 31.2. The number of carbonyl (C=O) groups excluding carboxylic acids is 1. The lowest BCUT2D eigenvalue weighted by atomic mass is 10.1. The number of carbonyl (C=O) groups is 1. The lowest BCUT2D eigenvalue weighted by Crippen LogP contribution is -2.49. The molecular formula is C19H26N2O4S2. The number of thioether (sulfide) groups is 1. The average molecular weight is 411 g/mol. The Bertz CT molecular complexity index is 818. The van der Waals surface area contributed by atoms with Crippen LogP contribution in [0, 0.1) is 6.92 Å². The smallest absolute Gasteiger partial charge is 0.243 e. The van der Waals surface area contributed by atoms with E-state index in [1.54, 1.807) is 30.2 Å². The van der Waals surface area contributed by atoms with Gasteiger partial charge in [-0.2, -0.15) is 11.8 Å². The predicted molar refractivity (Wildman–Crippen MR) is 110 cm³/mol. The number of anilines is 1. The Balaban J connectivity index is 1.98. The molecule has 1 heterocycles. The van der Waals surface area contributed by atoms with Crippen molar-refractivity contribution in [2.24, 2.45) is 0 Å². The first-order valence-electron chi connectivity index (χ1n) is 8.77. The van der Waals surface area contributed by atoms with Gasteiger partial charge in [-0.1, -0.05) is 24.6 Å². The molecule has 0 bridgehead atoms. The van der Waals surface area contributed by atoms with Crippen molar-refractivity contribution in [2.75, 3.05) is 22.9 Å². The van der Waals surface area contributed by atoms with Gasteiger partial charge in [-0.05, 0) is 37.6 Å². The lowest BCUT2D eigenvalue weighted by Gasteiger charge is -2.30. The molecule has 0 aliphatic carbocycles. The van der Waals surface area contributed by atoms with E-state index in [-0.39, 0.29) is 5.91 Å². The third-order valence-corrected chi connectivity index (χ3v) is 6.15. The van der Waals surface area contributed by atoms with Gasteiger partial charge < -0.3 is 9.73 Å². The second-order valence-electron chi connectivity index (χ2n) is 6.24. The maximum atomic E-state index is 12.6. The molecule has 1 aromatic carbocycles. The van der Waals surface area contributed by atoms with Crippen molar-refractivity contribution in [2.45, 2.75) is 32.1 Å². The Hall–Kier alpha value is -1.93. The fraction of sp³-hybridized carbons (Fsp3) is 0.421. The van der Waals surface area contributed by atoms with Gasteiger partial charge in [-0.25, -0.2) is 8.42 Å². The van der Waals surface area contributed by atoms with E-state index in [4.69, 9.17) is 4.42 Å². The van der Waals surface area contributed by atoms with E-state index >= 15 is 0 Å². The standard InChI is InChI=1S/C19H26N2O4S2/c1-4-18(19(22)20-11-13-26-14-17-6-5-12-25-17)21(27(3,23)24)16-9-7-15(2)8-10-16/h5-10,12,18H,4,11,13-14H2,1-3H3,(H,20,22)/t18-/m0/s1. The predicted octanol–water partition coefficient (Wildman–Crippen LogP) is 3.18. The zero-order chi connectivity index (χ0) is 19.9. The fourth-order valence-electron chi connectivity index (χ4n) is 2.68. The molecule has 0 aliphatic rings. The number of nitrogens with one attached hydrogen (secondary N) is 1. The molecule has 0 unspecified atom stereocenters. The molecular weight excluding hydrogens is 384 g/mol. The second kappa shape index (κ2) is 9.85. The first kappa shape index (κ1) is 21.4. The summed E-state index contributed by atoms with van der Waals surface area (Å²) in [5, 5.41) is 2.85. The van der Waals surface area contributed by atoms with Crippen LogP contribution in [0.3, 0.4) is 0 Å². The van der Waals surface area contributed by atoms with Crippen LogP contribution in [0.2, 0.25) is 0 Å². The molecule has 6 nitrogen and oxygen atoms in total. The molecule has 1 N–H and O–H groups in total. The Kier molecular flexibility index (Phi) is 7.79. The normalized spacial score (nSPS) is 12.6. The van der Waals surface area contributed by atoms with Gasteiger partial charge >= 0.3 is 0 Å². The molecule has 2 aromatic rings. The van der Waals surface area contributed by atoms with Crippen molar-refractivity contribution < 1.29 is 17.6 Å². The first-order valence-corrected chi connectivity index (χ1v) is 11.8. The molecule has 2 rings (SSSR count). The summed E-state index contributed by atoms with van der Waals surface area (Å²) in [5.74, 6) is 2.05. The third-order valence-electron chi connectivity index (χ3n) is 3.99. The number of hydrogen-bond donors (Lipinski definition) is 1. The van der Waals surface area contributed by atoms with E-state index in [1.807, 2.05) is 38.1 Å². The highest BCUT2D eigenvalue weighted by atomic mass is 32.2. The number of benzene rings is 1.